The van der Waals surface area contributed by atoms with Crippen LogP contribution in [0.3, 0.4) is 0 Å². The number of nitrogens with zero attached hydrogens (tertiary/aromatic N) is 2. The molecule has 0 bridgehead atoms. The molecule has 0 aliphatic rings. The third kappa shape index (κ3) is 4.73. The molecule has 0 fully saturated rings. The fourth-order valence-electron chi connectivity index (χ4n) is 2.47. The normalized spacial score (nSPS) is 12.1. The number of hydrogen-bond donors (Lipinski definition) is 2. The van der Waals surface area contributed by atoms with E-state index in [1.165, 1.54) is 24.4 Å². The molecule has 1 heterocycles. The molecule has 0 aliphatic carbocycles. The number of aromatic nitrogens is 1. The van der Waals surface area contributed by atoms with Gasteiger partial charge in [-0.15, -0.1) is 0 Å². The van der Waals surface area contributed by atoms with Crippen LogP contribution in [0, 0.1) is 11.6 Å². The van der Waals surface area contributed by atoms with Crippen LogP contribution in [0.15, 0.2) is 36.5 Å². The molecule has 0 radical (unpaired) electrons. The third-order valence-electron chi connectivity index (χ3n) is 3.80. The van der Waals surface area contributed by atoms with Crippen molar-refractivity contribution in [2.24, 2.45) is 0 Å². The summed E-state index contributed by atoms with van der Waals surface area (Å²) in [5.74, 6) is -0.835. The fourth-order valence-corrected chi connectivity index (χ4v) is 2.47. The minimum atomic E-state index is -0.583. The first-order chi connectivity index (χ1) is 11.9. The number of anilines is 1. The molecule has 0 aliphatic heterocycles. The number of rotatable bonds is 7. The van der Waals surface area contributed by atoms with Gasteiger partial charge >= 0.3 is 0 Å². The second-order valence-electron chi connectivity index (χ2n) is 5.79. The summed E-state index contributed by atoms with van der Waals surface area (Å²) in [6.45, 7) is 2.64. The Bertz CT molecular complexity index is 699. The number of carbonyl (C=O) groups excluding carboxylic acids is 1. The van der Waals surface area contributed by atoms with Crippen LogP contribution < -0.4 is 10.6 Å². The van der Waals surface area contributed by atoms with E-state index in [0.29, 0.717) is 17.9 Å². The Balaban J connectivity index is 2.10. The van der Waals surface area contributed by atoms with Gasteiger partial charge in [0.1, 0.15) is 17.5 Å². The van der Waals surface area contributed by atoms with Crippen LogP contribution in [0.25, 0.3) is 0 Å². The van der Waals surface area contributed by atoms with Gasteiger partial charge in [-0.25, -0.2) is 13.8 Å². The number of benzene rings is 1. The predicted octanol–water partition coefficient (Wildman–Crippen LogP) is 2.82. The van der Waals surface area contributed by atoms with E-state index in [4.69, 9.17) is 0 Å². The van der Waals surface area contributed by atoms with E-state index in [-0.39, 0.29) is 18.0 Å². The molecule has 1 atom stereocenters. The van der Waals surface area contributed by atoms with E-state index in [2.05, 4.69) is 15.6 Å². The summed E-state index contributed by atoms with van der Waals surface area (Å²) >= 11 is 0. The van der Waals surface area contributed by atoms with Crippen LogP contribution >= 0.6 is 0 Å². The average molecular weight is 348 g/mol. The zero-order valence-electron chi connectivity index (χ0n) is 14.5. The van der Waals surface area contributed by atoms with Gasteiger partial charge in [0.15, 0.2) is 0 Å². The van der Waals surface area contributed by atoms with Gasteiger partial charge in [0.25, 0.3) is 5.91 Å². The Morgan fingerprint density at radius 2 is 1.88 bits per heavy atom. The van der Waals surface area contributed by atoms with Crippen LogP contribution in [0.1, 0.15) is 28.9 Å². The summed E-state index contributed by atoms with van der Waals surface area (Å²) in [5.41, 5.74) is 0.468. The SMILES string of the molecule is CCNC(=O)c1ccc(NCC(c2c(F)cccc2F)N(C)C)nc1. The zero-order chi connectivity index (χ0) is 18.4. The Morgan fingerprint density at radius 3 is 2.40 bits per heavy atom. The van der Waals surface area contributed by atoms with E-state index < -0.39 is 17.7 Å². The van der Waals surface area contributed by atoms with Crippen molar-refractivity contribution in [3.63, 3.8) is 0 Å². The van der Waals surface area contributed by atoms with Gasteiger partial charge in [-0.3, -0.25) is 4.79 Å². The highest BCUT2D eigenvalue weighted by atomic mass is 19.1. The Hall–Kier alpha value is -2.54. The molecule has 7 heteroatoms. The van der Waals surface area contributed by atoms with Gasteiger partial charge in [-0.2, -0.15) is 0 Å². The van der Waals surface area contributed by atoms with Gasteiger partial charge in [0.2, 0.25) is 0 Å². The first-order valence-corrected chi connectivity index (χ1v) is 8.02. The monoisotopic (exact) mass is 348 g/mol. The molecule has 1 aromatic heterocycles. The molecular weight excluding hydrogens is 326 g/mol. The predicted molar refractivity (Wildman–Crippen MR) is 93.5 cm³/mol. The standard InChI is InChI=1S/C18H22F2N4O/c1-4-21-18(25)12-8-9-16(22-10-12)23-11-15(24(2)3)17-13(19)6-5-7-14(17)20/h5-10,15H,4,11H2,1-3H3,(H,21,25)(H,22,23). The molecule has 1 aromatic carbocycles. The van der Waals surface area contributed by atoms with Crippen molar-refractivity contribution in [1.29, 1.82) is 0 Å². The number of nitrogens with one attached hydrogen (secondary N) is 2. The van der Waals surface area contributed by atoms with Crippen molar-refractivity contribution in [2.75, 3.05) is 32.5 Å². The molecule has 2 rings (SSSR count). The summed E-state index contributed by atoms with van der Waals surface area (Å²) in [7, 11) is 3.51. The molecule has 5 nitrogen and oxygen atoms in total. The van der Waals surface area contributed by atoms with Crippen LogP contribution in [0.5, 0.6) is 0 Å². The van der Waals surface area contributed by atoms with E-state index in [1.807, 2.05) is 6.92 Å². The summed E-state index contributed by atoms with van der Waals surface area (Å²) in [4.78, 5) is 17.6. The summed E-state index contributed by atoms with van der Waals surface area (Å²) in [6.07, 6.45) is 1.46. The van der Waals surface area contributed by atoms with Gasteiger partial charge in [0.05, 0.1) is 11.6 Å². The minimum Gasteiger partial charge on any atom is -0.368 e. The highest BCUT2D eigenvalue weighted by molar-refractivity contribution is 5.93. The van der Waals surface area contributed by atoms with Crippen LogP contribution in [0.2, 0.25) is 0 Å². The van der Waals surface area contributed by atoms with Crippen molar-refractivity contribution >= 4 is 11.7 Å². The molecule has 1 unspecified atom stereocenters. The second kappa shape index (κ2) is 8.53. The molecule has 134 valence electrons. The number of carbonyl (C=O) groups is 1. The number of likely N-dealkylation sites (N-methyl/N-ethyl adjacent to an activating group) is 1. The maximum absolute atomic E-state index is 14.0. The van der Waals surface area contributed by atoms with Crippen molar-refractivity contribution in [3.05, 3.63) is 59.3 Å². The number of hydrogen-bond acceptors (Lipinski definition) is 4. The second-order valence-corrected chi connectivity index (χ2v) is 5.79. The molecular formula is C18H22F2N4O. The van der Waals surface area contributed by atoms with Crippen molar-refractivity contribution in [1.82, 2.24) is 15.2 Å². The van der Waals surface area contributed by atoms with Crippen molar-refractivity contribution in [3.8, 4) is 0 Å². The molecule has 1 amide bonds. The zero-order valence-corrected chi connectivity index (χ0v) is 14.5. The first-order valence-electron chi connectivity index (χ1n) is 8.02. The number of halogens is 2. The van der Waals surface area contributed by atoms with Gasteiger partial charge in [0, 0.05) is 24.8 Å². The maximum atomic E-state index is 14.0. The molecule has 2 N–H and O–H groups in total. The van der Waals surface area contributed by atoms with E-state index in [0.717, 1.165) is 0 Å². The third-order valence-corrected chi connectivity index (χ3v) is 3.80. The number of pyridine rings is 1. The lowest BCUT2D eigenvalue weighted by Crippen LogP contribution is -2.29. The lowest BCUT2D eigenvalue weighted by molar-refractivity contribution is 0.0955. The Labute approximate surface area is 146 Å². The smallest absolute Gasteiger partial charge is 0.252 e. The quantitative estimate of drug-likeness (QED) is 0.808. The summed E-state index contributed by atoms with van der Waals surface area (Å²) < 4.78 is 28.1. The van der Waals surface area contributed by atoms with E-state index >= 15 is 0 Å². The van der Waals surface area contributed by atoms with E-state index in [9.17, 15) is 13.6 Å². The summed E-state index contributed by atoms with van der Waals surface area (Å²) in [5, 5.41) is 5.75. The molecule has 0 spiro atoms. The largest absolute Gasteiger partial charge is 0.368 e. The molecule has 25 heavy (non-hydrogen) atoms. The summed E-state index contributed by atoms with van der Waals surface area (Å²) in [6, 6.07) is 6.63. The average Bonchev–Trinajstić information content (AvgIpc) is 2.58. The van der Waals surface area contributed by atoms with Gasteiger partial charge in [-0.1, -0.05) is 6.07 Å². The Morgan fingerprint density at radius 1 is 1.20 bits per heavy atom. The van der Waals surface area contributed by atoms with Crippen molar-refractivity contribution < 1.29 is 13.6 Å². The topological polar surface area (TPSA) is 57.3 Å². The molecule has 2 aromatic rings. The lowest BCUT2D eigenvalue weighted by Gasteiger charge is -2.26. The number of amides is 1. The van der Waals surface area contributed by atoms with Crippen LogP contribution in [-0.2, 0) is 0 Å². The minimum absolute atomic E-state index is 0.0129. The van der Waals surface area contributed by atoms with Crippen LogP contribution in [-0.4, -0.2) is 43.0 Å². The maximum Gasteiger partial charge on any atom is 0.252 e. The molecule has 0 saturated heterocycles. The molecule has 0 saturated carbocycles. The lowest BCUT2D eigenvalue weighted by atomic mass is 10.0. The Kier molecular flexibility index (Phi) is 6.41. The fraction of sp³-hybridized carbons (Fsp3) is 0.333. The van der Waals surface area contributed by atoms with Gasteiger partial charge < -0.3 is 15.5 Å². The highest BCUT2D eigenvalue weighted by Gasteiger charge is 2.22. The van der Waals surface area contributed by atoms with Crippen molar-refractivity contribution in [2.45, 2.75) is 13.0 Å². The first kappa shape index (κ1) is 18.8. The van der Waals surface area contributed by atoms with E-state index in [1.54, 1.807) is 31.1 Å². The van der Waals surface area contributed by atoms with Crippen LogP contribution in [0.4, 0.5) is 14.6 Å². The van der Waals surface area contributed by atoms with Gasteiger partial charge in [-0.05, 0) is 45.3 Å². The highest BCUT2D eigenvalue weighted by Crippen LogP contribution is 2.24.